The summed E-state index contributed by atoms with van der Waals surface area (Å²) >= 11 is 1.35. The van der Waals surface area contributed by atoms with Crippen molar-refractivity contribution in [2.45, 2.75) is 35.2 Å². The molecule has 1 aromatic heterocycles. The molecule has 1 fully saturated rings. The van der Waals surface area contributed by atoms with Crippen molar-refractivity contribution in [3.8, 4) is 11.1 Å². The summed E-state index contributed by atoms with van der Waals surface area (Å²) in [5.41, 5.74) is 2.46. The van der Waals surface area contributed by atoms with Gasteiger partial charge in [0.15, 0.2) is 11.6 Å². The summed E-state index contributed by atoms with van der Waals surface area (Å²) in [6.07, 6.45) is 3.58. The van der Waals surface area contributed by atoms with Gasteiger partial charge in [-0.1, -0.05) is 36.0 Å². The van der Waals surface area contributed by atoms with Crippen molar-refractivity contribution in [3.63, 3.8) is 0 Å². The van der Waals surface area contributed by atoms with Crippen molar-refractivity contribution in [1.29, 1.82) is 0 Å². The largest absolute Gasteiger partial charge is 0.351 e. The molecule has 0 spiro atoms. The van der Waals surface area contributed by atoms with Crippen molar-refractivity contribution in [3.05, 3.63) is 71.9 Å². The van der Waals surface area contributed by atoms with Crippen LogP contribution >= 0.6 is 11.8 Å². The van der Waals surface area contributed by atoms with Gasteiger partial charge in [0.2, 0.25) is 5.91 Å². The maximum Gasteiger partial charge on any atom is 0.327 e. The van der Waals surface area contributed by atoms with Crippen LogP contribution in [0.15, 0.2) is 59.8 Å². The lowest BCUT2D eigenvalue weighted by molar-refractivity contribution is -0.122. The summed E-state index contributed by atoms with van der Waals surface area (Å²) in [6.45, 7) is 1.82. The summed E-state index contributed by atoms with van der Waals surface area (Å²) in [6, 6.07) is 11.7. The molecule has 0 aliphatic carbocycles. The molecule has 4 heterocycles. The minimum atomic E-state index is -0.943. The molecule has 0 bridgehead atoms. The number of aromatic nitrogens is 1. The fourth-order valence-corrected chi connectivity index (χ4v) is 6.62. The quantitative estimate of drug-likeness (QED) is 0.524. The summed E-state index contributed by atoms with van der Waals surface area (Å²) in [7, 11) is 2.04. The summed E-state index contributed by atoms with van der Waals surface area (Å²) in [5.74, 6) is -1.99. The molecule has 3 atom stereocenters. The van der Waals surface area contributed by atoms with Crippen LogP contribution in [0.1, 0.15) is 24.4 Å². The Morgan fingerprint density at radius 2 is 2.03 bits per heavy atom. The molecule has 0 radical (unpaired) electrons. The van der Waals surface area contributed by atoms with Gasteiger partial charge in [0.05, 0.1) is 17.4 Å². The average Bonchev–Trinajstić information content (AvgIpc) is 3.25. The predicted octanol–water partition coefficient (Wildman–Crippen LogP) is 4.61. The molecule has 6 rings (SSSR count). The van der Waals surface area contributed by atoms with E-state index in [9.17, 15) is 18.4 Å². The van der Waals surface area contributed by atoms with Crippen molar-refractivity contribution in [2.24, 2.45) is 0 Å². The first kappa shape index (κ1) is 23.9. The Balaban J connectivity index is 1.32. The van der Waals surface area contributed by atoms with Crippen LogP contribution in [-0.2, 0) is 4.79 Å². The van der Waals surface area contributed by atoms with Gasteiger partial charge in [0.25, 0.3) is 0 Å². The number of amides is 3. The van der Waals surface area contributed by atoms with Gasteiger partial charge in [-0.2, -0.15) is 0 Å². The summed E-state index contributed by atoms with van der Waals surface area (Å²) in [5, 5.41) is 6.33. The molecule has 7 nitrogen and oxygen atoms in total. The molecule has 2 unspecified atom stereocenters. The first-order chi connectivity index (χ1) is 17.9. The summed E-state index contributed by atoms with van der Waals surface area (Å²) in [4.78, 5) is 34.9. The molecular weight excluding hydrogens is 496 g/mol. The predicted molar refractivity (Wildman–Crippen MR) is 138 cm³/mol. The Morgan fingerprint density at radius 1 is 1.19 bits per heavy atom. The Kier molecular flexibility index (Phi) is 6.08. The number of nitrogens with zero attached hydrogens (tertiary/aromatic N) is 3. The lowest BCUT2D eigenvalue weighted by Crippen LogP contribution is -2.52. The highest BCUT2D eigenvalue weighted by Crippen LogP contribution is 2.50. The van der Waals surface area contributed by atoms with Crippen molar-refractivity contribution >= 4 is 35.1 Å². The first-order valence-electron chi connectivity index (χ1n) is 12.2. The number of nitrogens with one attached hydrogen (secondary N) is 2. The van der Waals surface area contributed by atoms with Gasteiger partial charge in [-0.05, 0) is 56.3 Å². The minimum Gasteiger partial charge on any atom is -0.351 e. The highest BCUT2D eigenvalue weighted by atomic mass is 32.2. The number of carbonyl (C=O) groups excluding carboxylic acids is 2. The molecule has 3 aliphatic rings. The molecule has 2 aromatic carbocycles. The number of benzene rings is 2. The van der Waals surface area contributed by atoms with E-state index >= 15 is 0 Å². The molecule has 190 valence electrons. The smallest absolute Gasteiger partial charge is 0.327 e. The third-order valence-electron chi connectivity index (χ3n) is 7.10. The van der Waals surface area contributed by atoms with E-state index in [0.29, 0.717) is 22.0 Å². The first-order valence-corrected chi connectivity index (χ1v) is 13.1. The van der Waals surface area contributed by atoms with Crippen molar-refractivity contribution in [1.82, 2.24) is 20.5 Å². The Labute approximate surface area is 217 Å². The van der Waals surface area contributed by atoms with Crippen LogP contribution in [0.4, 0.5) is 25.0 Å². The zero-order chi connectivity index (χ0) is 25.7. The van der Waals surface area contributed by atoms with Gasteiger partial charge in [0.1, 0.15) is 10.3 Å². The van der Waals surface area contributed by atoms with E-state index in [4.69, 9.17) is 0 Å². The zero-order valence-electron chi connectivity index (χ0n) is 20.1. The molecule has 3 aliphatic heterocycles. The number of thioether (sulfide) groups is 1. The van der Waals surface area contributed by atoms with E-state index in [-0.39, 0.29) is 17.5 Å². The number of hydrogen-bond donors (Lipinski definition) is 2. The molecule has 37 heavy (non-hydrogen) atoms. The van der Waals surface area contributed by atoms with Crippen LogP contribution in [-0.4, -0.2) is 53.3 Å². The number of halogens is 2. The van der Waals surface area contributed by atoms with Gasteiger partial charge in [0, 0.05) is 29.9 Å². The molecule has 2 N–H and O–H groups in total. The highest BCUT2D eigenvalue weighted by molar-refractivity contribution is 8.01. The summed E-state index contributed by atoms with van der Waals surface area (Å²) < 4.78 is 28.3. The molecule has 0 saturated carbocycles. The second-order valence-corrected chi connectivity index (χ2v) is 10.7. The van der Waals surface area contributed by atoms with E-state index in [0.717, 1.165) is 37.6 Å². The van der Waals surface area contributed by atoms with Crippen molar-refractivity contribution < 1.29 is 18.4 Å². The Bertz CT molecular complexity index is 1400. The number of hydrogen-bond acceptors (Lipinski definition) is 5. The molecular formula is C27H25F2N5O2S. The normalized spacial score (nSPS) is 22.9. The van der Waals surface area contributed by atoms with Crippen molar-refractivity contribution in [2.75, 3.05) is 25.0 Å². The fraction of sp³-hybridized carbons (Fsp3) is 0.296. The number of pyridine rings is 1. The number of carbonyl (C=O) groups is 2. The number of anilines is 2. The number of likely N-dealkylation sites (N-methyl/N-ethyl adjacent to an activating group) is 1. The third kappa shape index (κ3) is 4.23. The number of urea groups is 1. The van der Waals surface area contributed by atoms with Crippen LogP contribution in [0.2, 0.25) is 0 Å². The van der Waals surface area contributed by atoms with E-state index in [1.807, 2.05) is 7.05 Å². The second-order valence-electron chi connectivity index (χ2n) is 9.61. The molecule has 3 aromatic rings. The SMILES string of the molecule is CN1CCCC(NC(=O)[C@@H]2Sc3nccc4c3C2NC(=O)N4c2cccc(-c3cccc(F)c3F)c2)C1. The van der Waals surface area contributed by atoms with E-state index < -0.39 is 29.0 Å². The lowest BCUT2D eigenvalue weighted by Gasteiger charge is -2.35. The molecule has 3 amide bonds. The van der Waals surface area contributed by atoms with Gasteiger partial charge < -0.3 is 15.5 Å². The monoisotopic (exact) mass is 521 g/mol. The maximum absolute atomic E-state index is 14.5. The van der Waals surface area contributed by atoms with E-state index in [1.54, 1.807) is 36.5 Å². The average molecular weight is 522 g/mol. The highest BCUT2D eigenvalue weighted by Gasteiger charge is 2.47. The Hall–Kier alpha value is -3.50. The second kappa shape index (κ2) is 9.42. The van der Waals surface area contributed by atoms with Gasteiger partial charge >= 0.3 is 6.03 Å². The number of piperidine rings is 1. The fourth-order valence-electron chi connectivity index (χ4n) is 5.39. The van der Waals surface area contributed by atoms with Gasteiger partial charge in [-0.15, -0.1) is 0 Å². The van der Waals surface area contributed by atoms with Crippen LogP contribution in [0.25, 0.3) is 11.1 Å². The topological polar surface area (TPSA) is 77.6 Å². The molecule has 1 saturated heterocycles. The van der Waals surface area contributed by atoms with E-state index in [2.05, 4.69) is 20.5 Å². The maximum atomic E-state index is 14.5. The van der Waals surface area contributed by atoms with Crippen LogP contribution < -0.4 is 15.5 Å². The molecule has 10 heteroatoms. The number of rotatable bonds is 4. The minimum absolute atomic E-state index is 0.0738. The van der Waals surface area contributed by atoms with Gasteiger partial charge in [-0.25, -0.2) is 18.6 Å². The van der Waals surface area contributed by atoms with Gasteiger partial charge in [-0.3, -0.25) is 9.69 Å². The van der Waals surface area contributed by atoms with Crippen LogP contribution in [0.3, 0.4) is 0 Å². The Morgan fingerprint density at radius 3 is 2.86 bits per heavy atom. The number of likely N-dealkylation sites (tertiary alicyclic amines) is 1. The van der Waals surface area contributed by atoms with Crippen LogP contribution in [0.5, 0.6) is 0 Å². The van der Waals surface area contributed by atoms with Crippen LogP contribution in [0, 0.1) is 11.6 Å². The third-order valence-corrected chi connectivity index (χ3v) is 8.39. The van der Waals surface area contributed by atoms with E-state index in [1.165, 1.54) is 28.8 Å². The standard InChI is InChI=1S/C27H25F2N5O2S/c1-33-12-4-6-16(14-33)31-25(35)24-23-21-20(10-11-30-26(21)37-24)34(27(36)32-23)17-7-2-5-15(13-17)18-8-3-9-19(28)22(18)29/h2-3,5,7-11,13,16,23-24H,4,6,12,14H2,1H3,(H,31,35)(H,32,36)/t16?,23?,24-/m1/s1. The zero-order valence-corrected chi connectivity index (χ0v) is 20.9. The lowest BCUT2D eigenvalue weighted by atomic mass is 9.98.